The normalized spacial score (nSPS) is 16.2. The Morgan fingerprint density at radius 2 is 1.79 bits per heavy atom. The largest absolute Gasteiger partial charge is 0.444 e. The molecule has 0 aliphatic rings. The maximum absolute atomic E-state index is 12.0. The molecule has 158 valence electrons. The molecule has 0 saturated heterocycles. The molecule has 0 aliphatic carbocycles. The Bertz CT molecular complexity index is 687. The zero-order valence-corrected chi connectivity index (χ0v) is 19.1. The third kappa shape index (κ3) is 7.61. The summed E-state index contributed by atoms with van der Waals surface area (Å²) in [5, 5.41) is 3.73. The molecule has 0 aromatic heterocycles. The number of halogens is 2. The lowest BCUT2D eigenvalue weighted by molar-refractivity contribution is -0.116. The van der Waals surface area contributed by atoms with Crippen LogP contribution in [0.15, 0.2) is 18.2 Å². The molecule has 1 aromatic rings. The highest BCUT2D eigenvalue weighted by Gasteiger charge is 2.32. The molecule has 1 rings (SSSR count). The molecule has 1 amide bonds. The highest BCUT2D eigenvalue weighted by Crippen LogP contribution is 2.35. The van der Waals surface area contributed by atoms with Gasteiger partial charge in [0.05, 0.1) is 12.7 Å². The number of benzene rings is 1. The van der Waals surface area contributed by atoms with Gasteiger partial charge in [0.25, 0.3) is 0 Å². The molecule has 0 fully saturated rings. The van der Waals surface area contributed by atoms with E-state index in [1.54, 1.807) is 39.8 Å². The van der Waals surface area contributed by atoms with E-state index in [9.17, 15) is 9.59 Å². The Kier molecular flexibility index (Phi) is 8.79. The van der Waals surface area contributed by atoms with E-state index in [1.807, 2.05) is 13.0 Å². The van der Waals surface area contributed by atoms with Crippen molar-refractivity contribution in [1.29, 1.82) is 0 Å². The van der Waals surface area contributed by atoms with Gasteiger partial charge in [0, 0.05) is 16.0 Å². The van der Waals surface area contributed by atoms with Gasteiger partial charge in [-0.15, -0.1) is 0 Å². The number of hydrogen-bond acceptors (Lipinski definition) is 4. The van der Waals surface area contributed by atoms with Gasteiger partial charge in [-0.1, -0.05) is 43.1 Å². The molecule has 0 saturated carbocycles. The number of ether oxygens (including phenoxy) is 2. The third-order valence-electron chi connectivity index (χ3n) is 4.24. The Balaban J connectivity index is 2.88. The van der Waals surface area contributed by atoms with Crippen LogP contribution in [0.4, 0.5) is 4.79 Å². The first kappa shape index (κ1) is 24.7. The van der Waals surface area contributed by atoms with Crippen molar-refractivity contribution in [2.24, 2.45) is 5.92 Å². The Morgan fingerprint density at radius 3 is 2.25 bits per heavy atom. The van der Waals surface area contributed by atoms with Crippen molar-refractivity contribution in [1.82, 2.24) is 5.32 Å². The SMILES string of the molecule is CC(C)[C@H](c1ccc(Cl)cc1Cl)[C@H](C)OC[C@@](C)(C=O)NC(=O)OC(C)(C)C. The number of amides is 1. The minimum atomic E-state index is -1.21. The van der Waals surface area contributed by atoms with Crippen molar-refractivity contribution in [3.63, 3.8) is 0 Å². The summed E-state index contributed by atoms with van der Waals surface area (Å²) in [6.07, 6.45) is -0.263. The number of rotatable bonds is 8. The van der Waals surface area contributed by atoms with E-state index in [4.69, 9.17) is 32.7 Å². The lowest BCUT2D eigenvalue weighted by Crippen LogP contribution is -2.53. The fraction of sp³-hybridized carbons (Fsp3) is 0.619. The quantitative estimate of drug-likeness (QED) is 0.542. The standard InChI is InChI=1S/C21H31Cl2NO4/c1-13(2)18(16-9-8-15(22)10-17(16)23)14(3)27-12-21(7,11-25)24-19(26)28-20(4,5)6/h8-11,13-14,18H,12H2,1-7H3,(H,24,26)/t14-,18-,21+/m0/s1. The van der Waals surface area contributed by atoms with Gasteiger partial charge < -0.3 is 19.6 Å². The molecule has 1 aromatic carbocycles. The number of hydrogen-bond donors (Lipinski definition) is 1. The van der Waals surface area contributed by atoms with Crippen molar-refractivity contribution < 1.29 is 19.1 Å². The maximum Gasteiger partial charge on any atom is 0.408 e. The second-order valence-electron chi connectivity index (χ2n) is 8.61. The summed E-state index contributed by atoms with van der Waals surface area (Å²) in [7, 11) is 0. The minimum Gasteiger partial charge on any atom is -0.444 e. The Morgan fingerprint density at radius 1 is 1.18 bits per heavy atom. The summed E-state index contributed by atoms with van der Waals surface area (Å²) in [5.74, 6) is 0.220. The van der Waals surface area contributed by atoms with E-state index >= 15 is 0 Å². The molecular weight excluding hydrogens is 401 g/mol. The van der Waals surface area contributed by atoms with Crippen molar-refractivity contribution in [2.45, 2.75) is 71.6 Å². The summed E-state index contributed by atoms with van der Waals surface area (Å²) >= 11 is 12.4. The highest BCUT2D eigenvalue weighted by atomic mass is 35.5. The topological polar surface area (TPSA) is 64.6 Å². The Labute approximate surface area is 178 Å². The molecule has 1 N–H and O–H groups in total. The number of carbonyl (C=O) groups excluding carboxylic acids is 2. The monoisotopic (exact) mass is 431 g/mol. The predicted octanol–water partition coefficient (Wildman–Crippen LogP) is 5.62. The number of alkyl carbamates (subject to hydrolysis) is 1. The fourth-order valence-electron chi connectivity index (χ4n) is 2.97. The van der Waals surface area contributed by atoms with Crippen LogP contribution in [-0.2, 0) is 14.3 Å². The first-order valence-electron chi connectivity index (χ1n) is 9.32. The van der Waals surface area contributed by atoms with Gasteiger partial charge in [-0.2, -0.15) is 0 Å². The molecule has 0 bridgehead atoms. The number of carbonyl (C=O) groups is 2. The van der Waals surface area contributed by atoms with Gasteiger partial charge in [0.15, 0.2) is 0 Å². The van der Waals surface area contributed by atoms with Gasteiger partial charge in [-0.3, -0.25) is 0 Å². The average Bonchev–Trinajstić information content (AvgIpc) is 2.53. The highest BCUT2D eigenvalue weighted by molar-refractivity contribution is 6.35. The van der Waals surface area contributed by atoms with Crippen LogP contribution >= 0.6 is 23.2 Å². The van der Waals surface area contributed by atoms with E-state index in [2.05, 4.69) is 19.2 Å². The maximum atomic E-state index is 12.0. The van der Waals surface area contributed by atoms with Crippen LogP contribution in [0.2, 0.25) is 10.0 Å². The molecule has 0 heterocycles. The molecule has 5 nitrogen and oxygen atoms in total. The predicted molar refractivity (Wildman–Crippen MR) is 113 cm³/mol. The van der Waals surface area contributed by atoms with Crippen LogP contribution in [0.25, 0.3) is 0 Å². The van der Waals surface area contributed by atoms with Crippen molar-refractivity contribution >= 4 is 35.6 Å². The third-order valence-corrected chi connectivity index (χ3v) is 4.80. The van der Waals surface area contributed by atoms with Gasteiger partial charge >= 0.3 is 6.09 Å². The van der Waals surface area contributed by atoms with Gasteiger partial charge in [-0.25, -0.2) is 4.79 Å². The van der Waals surface area contributed by atoms with Crippen molar-refractivity contribution in [3.8, 4) is 0 Å². The fourth-order valence-corrected chi connectivity index (χ4v) is 3.50. The molecule has 0 aliphatic heterocycles. The van der Waals surface area contributed by atoms with Crippen molar-refractivity contribution in [3.05, 3.63) is 33.8 Å². The second-order valence-corrected chi connectivity index (χ2v) is 9.46. The van der Waals surface area contributed by atoms with E-state index in [1.165, 1.54) is 0 Å². The summed E-state index contributed by atoms with van der Waals surface area (Å²) in [4.78, 5) is 23.7. The van der Waals surface area contributed by atoms with Gasteiger partial charge in [0.2, 0.25) is 0 Å². The van der Waals surface area contributed by atoms with Crippen LogP contribution in [0.5, 0.6) is 0 Å². The molecule has 3 atom stereocenters. The van der Waals surface area contributed by atoms with E-state index in [0.29, 0.717) is 16.3 Å². The lowest BCUT2D eigenvalue weighted by Gasteiger charge is -2.32. The van der Waals surface area contributed by atoms with Crippen LogP contribution in [0.3, 0.4) is 0 Å². The Hall–Kier alpha value is -1.30. The minimum absolute atomic E-state index is 0.00530. The number of nitrogens with one attached hydrogen (secondary N) is 1. The summed E-state index contributed by atoms with van der Waals surface area (Å²) < 4.78 is 11.2. The number of aldehydes is 1. The molecule has 0 unspecified atom stereocenters. The first-order chi connectivity index (χ1) is 12.8. The zero-order chi connectivity index (χ0) is 21.7. The molecular formula is C21H31Cl2NO4. The van der Waals surface area contributed by atoms with Crippen LogP contribution < -0.4 is 5.32 Å². The van der Waals surface area contributed by atoms with Crippen molar-refractivity contribution in [2.75, 3.05) is 6.61 Å². The van der Waals surface area contributed by atoms with E-state index in [-0.39, 0.29) is 24.5 Å². The van der Waals surface area contributed by atoms with Crippen LogP contribution in [0.1, 0.15) is 59.9 Å². The summed E-state index contributed by atoms with van der Waals surface area (Å²) in [5.41, 5.74) is -0.931. The van der Waals surface area contributed by atoms with E-state index < -0.39 is 17.2 Å². The van der Waals surface area contributed by atoms with Crippen LogP contribution in [0, 0.1) is 5.92 Å². The second kappa shape index (κ2) is 9.95. The lowest BCUT2D eigenvalue weighted by atomic mass is 9.84. The molecule has 0 radical (unpaired) electrons. The zero-order valence-electron chi connectivity index (χ0n) is 17.6. The van der Waals surface area contributed by atoms with Gasteiger partial charge in [0.1, 0.15) is 17.4 Å². The summed E-state index contributed by atoms with van der Waals surface area (Å²) in [6.45, 7) is 12.9. The smallest absolute Gasteiger partial charge is 0.408 e. The van der Waals surface area contributed by atoms with Gasteiger partial charge in [-0.05, 0) is 58.2 Å². The summed E-state index contributed by atoms with van der Waals surface area (Å²) in [6, 6.07) is 5.40. The van der Waals surface area contributed by atoms with Crippen LogP contribution in [-0.4, -0.2) is 36.2 Å². The van der Waals surface area contributed by atoms with E-state index in [0.717, 1.165) is 5.56 Å². The molecule has 28 heavy (non-hydrogen) atoms. The molecule has 0 spiro atoms. The molecule has 7 heteroatoms. The average molecular weight is 432 g/mol. The first-order valence-corrected chi connectivity index (χ1v) is 10.1.